The van der Waals surface area contributed by atoms with Crippen LogP contribution < -0.4 is 10.1 Å². The quantitative estimate of drug-likeness (QED) is 0.890. The summed E-state index contributed by atoms with van der Waals surface area (Å²) in [4.78, 5) is 0. The second kappa shape index (κ2) is 6.59. The number of rotatable bonds is 5. The number of morpholine rings is 1. The normalized spacial score (nSPS) is 26.8. The molecule has 1 aromatic rings. The number of ether oxygens (including phenoxy) is 2. The zero-order chi connectivity index (χ0) is 14.6. The molecule has 0 radical (unpaired) electrons. The molecule has 3 heteroatoms. The number of nitrogens with one attached hydrogen (secondary N) is 1. The summed E-state index contributed by atoms with van der Waals surface area (Å²) in [5, 5.41) is 3.50. The summed E-state index contributed by atoms with van der Waals surface area (Å²) in [5.74, 6) is 0.920. The van der Waals surface area contributed by atoms with Gasteiger partial charge >= 0.3 is 0 Å². The summed E-state index contributed by atoms with van der Waals surface area (Å²) in [5.41, 5.74) is 1.17. The van der Waals surface area contributed by atoms with Crippen LogP contribution in [-0.4, -0.2) is 24.8 Å². The topological polar surface area (TPSA) is 30.5 Å². The van der Waals surface area contributed by atoms with Crippen LogP contribution in [0.3, 0.4) is 0 Å². The van der Waals surface area contributed by atoms with Gasteiger partial charge in [-0.2, -0.15) is 0 Å². The third-order valence-electron chi connectivity index (χ3n) is 3.66. The van der Waals surface area contributed by atoms with E-state index in [4.69, 9.17) is 9.47 Å². The first-order valence-corrected chi connectivity index (χ1v) is 7.67. The van der Waals surface area contributed by atoms with Gasteiger partial charge in [0, 0.05) is 13.1 Å². The molecule has 0 saturated carbocycles. The van der Waals surface area contributed by atoms with E-state index in [-0.39, 0.29) is 17.8 Å². The molecule has 0 aliphatic carbocycles. The minimum Gasteiger partial charge on any atom is -0.491 e. The maximum Gasteiger partial charge on any atom is 0.119 e. The largest absolute Gasteiger partial charge is 0.491 e. The number of hydrogen-bond donors (Lipinski definition) is 1. The molecular formula is C17H27NO2. The van der Waals surface area contributed by atoms with Crippen molar-refractivity contribution in [2.45, 2.75) is 58.3 Å². The van der Waals surface area contributed by atoms with Gasteiger partial charge in [0.05, 0.1) is 17.8 Å². The highest BCUT2D eigenvalue weighted by Crippen LogP contribution is 2.31. The summed E-state index contributed by atoms with van der Waals surface area (Å²) in [6.45, 7) is 10.3. The molecule has 20 heavy (non-hydrogen) atoms. The van der Waals surface area contributed by atoms with Crippen LogP contribution in [0, 0.1) is 0 Å². The zero-order valence-corrected chi connectivity index (χ0v) is 13.1. The molecule has 3 nitrogen and oxygen atoms in total. The fourth-order valence-corrected chi connectivity index (χ4v) is 2.79. The van der Waals surface area contributed by atoms with E-state index in [0.29, 0.717) is 0 Å². The Morgan fingerprint density at radius 3 is 2.65 bits per heavy atom. The third kappa shape index (κ3) is 3.97. The van der Waals surface area contributed by atoms with E-state index in [9.17, 15) is 0 Å². The van der Waals surface area contributed by atoms with Gasteiger partial charge in [0.25, 0.3) is 0 Å². The number of benzene rings is 1. The minimum atomic E-state index is -0.0508. The summed E-state index contributed by atoms with van der Waals surface area (Å²) >= 11 is 0. The Balaban J connectivity index is 2.03. The van der Waals surface area contributed by atoms with Crippen molar-refractivity contribution in [2.75, 3.05) is 13.1 Å². The molecule has 0 spiro atoms. The van der Waals surface area contributed by atoms with E-state index in [2.05, 4.69) is 31.3 Å². The Morgan fingerprint density at radius 1 is 1.35 bits per heavy atom. The first-order valence-electron chi connectivity index (χ1n) is 7.67. The summed E-state index contributed by atoms with van der Waals surface area (Å²) in [6, 6.07) is 8.29. The van der Waals surface area contributed by atoms with Gasteiger partial charge in [-0.15, -0.1) is 0 Å². The lowest BCUT2D eigenvalue weighted by Gasteiger charge is -2.39. The number of hydrogen-bond acceptors (Lipinski definition) is 3. The highest BCUT2D eigenvalue weighted by molar-refractivity contribution is 5.29. The Morgan fingerprint density at radius 2 is 2.05 bits per heavy atom. The van der Waals surface area contributed by atoms with Crippen LogP contribution in [0.5, 0.6) is 5.75 Å². The molecule has 1 aromatic carbocycles. The van der Waals surface area contributed by atoms with Crippen molar-refractivity contribution in [3.05, 3.63) is 29.8 Å². The molecule has 0 aromatic heterocycles. The Bertz CT molecular complexity index is 412. The first kappa shape index (κ1) is 15.3. The second-order valence-corrected chi connectivity index (χ2v) is 6.17. The molecule has 1 N–H and O–H groups in total. The van der Waals surface area contributed by atoms with E-state index in [0.717, 1.165) is 31.7 Å². The van der Waals surface area contributed by atoms with Gasteiger partial charge < -0.3 is 14.8 Å². The summed E-state index contributed by atoms with van der Waals surface area (Å²) < 4.78 is 12.0. The van der Waals surface area contributed by atoms with Gasteiger partial charge in [-0.3, -0.25) is 0 Å². The molecule has 0 amide bonds. The van der Waals surface area contributed by atoms with Crippen molar-refractivity contribution in [3.63, 3.8) is 0 Å². The van der Waals surface area contributed by atoms with Crippen LogP contribution in [-0.2, 0) is 4.74 Å². The molecular weight excluding hydrogens is 250 g/mol. The van der Waals surface area contributed by atoms with E-state index >= 15 is 0 Å². The van der Waals surface area contributed by atoms with E-state index in [1.807, 2.05) is 26.0 Å². The van der Waals surface area contributed by atoms with Crippen LogP contribution in [0.1, 0.15) is 52.2 Å². The molecule has 1 aliphatic rings. The molecule has 1 heterocycles. The molecule has 1 aliphatic heterocycles. The minimum absolute atomic E-state index is 0.0508. The van der Waals surface area contributed by atoms with Crippen molar-refractivity contribution in [2.24, 2.45) is 0 Å². The Labute approximate surface area is 122 Å². The lowest BCUT2D eigenvalue weighted by Crippen LogP contribution is -2.48. The van der Waals surface area contributed by atoms with Crippen molar-refractivity contribution >= 4 is 0 Å². The smallest absolute Gasteiger partial charge is 0.119 e. The van der Waals surface area contributed by atoms with Crippen LogP contribution in [0.15, 0.2) is 24.3 Å². The molecule has 112 valence electrons. The Hall–Kier alpha value is -1.06. The summed E-state index contributed by atoms with van der Waals surface area (Å²) in [7, 11) is 0. The monoisotopic (exact) mass is 277 g/mol. The van der Waals surface area contributed by atoms with Gasteiger partial charge in [-0.1, -0.05) is 25.5 Å². The van der Waals surface area contributed by atoms with Crippen molar-refractivity contribution < 1.29 is 9.47 Å². The molecule has 0 bridgehead atoms. The van der Waals surface area contributed by atoms with Crippen LogP contribution in [0.2, 0.25) is 0 Å². The fraction of sp³-hybridized carbons (Fsp3) is 0.647. The maximum atomic E-state index is 6.32. The standard InChI is InChI=1S/C17H27NO2/c1-5-10-17(4)12-18-11-16(20-17)14-6-8-15(9-7-14)19-13(2)3/h6-9,13,16,18H,5,10-12H2,1-4H3. The van der Waals surface area contributed by atoms with Crippen molar-refractivity contribution in [1.82, 2.24) is 5.32 Å². The highest BCUT2D eigenvalue weighted by atomic mass is 16.5. The molecule has 2 unspecified atom stereocenters. The van der Waals surface area contributed by atoms with Gasteiger partial charge in [-0.25, -0.2) is 0 Å². The molecule has 2 rings (SSSR count). The molecule has 1 fully saturated rings. The van der Waals surface area contributed by atoms with Gasteiger partial charge in [0.1, 0.15) is 5.75 Å². The van der Waals surface area contributed by atoms with Crippen LogP contribution in [0.4, 0.5) is 0 Å². The zero-order valence-electron chi connectivity index (χ0n) is 13.1. The lowest BCUT2D eigenvalue weighted by molar-refractivity contribution is -0.112. The third-order valence-corrected chi connectivity index (χ3v) is 3.66. The Kier molecular flexibility index (Phi) is 5.06. The lowest BCUT2D eigenvalue weighted by atomic mass is 9.96. The molecule has 2 atom stereocenters. The summed E-state index contributed by atoms with van der Waals surface area (Å²) in [6.07, 6.45) is 2.58. The van der Waals surface area contributed by atoms with Gasteiger partial charge in [0.15, 0.2) is 0 Å². The maximum absolute atomic E-state index is 6.32. The first-order chi connectivity index (χ1) is 9.52. The predicted octanol–water partition coefficient (Wildman–Crippen LogP) is 3.69. The van der Waals surface area contributed by atoms with Gasteiger partial charge in [-0.05, 0) is 44.9 Å². The van der Waals surface area contributed by atoms with E-state index < -0.39 is 0 Å². The van der Waals surface area contributed by atoms with E-state index in [1.165, 1.54) is 5.56 Å². The van der Waals surface area contributed by atoms with E-state index in [1.54, 1.807) is 0 Å². The van der Waals surface area contributed by atoms with Crippen molar-refractivity contribution in [3.8, 4) is 5.75 Å². The molecule has 1 saturated heterocycles. The average molecular weight is 277 g/mol. The highest BCUT2D eigenvalue weighted by Gasteiger charge is 2.32. The second-order valence-electron chi connectivity index (χ2n) is 6.17. The SMILES string of the molecule is CCCC1(C)CNCC(c2ccc(OC(C)C)cc2)O1. The van der Waals surface area contributed by atoms with Crippen LogP contribution >= 0.6 is 0 Å². The predicted molar refractivity (Wildman–Crippen MR) is 82.2 cm³/mol. The average Bonchev–Trinajstić information content (AvgIpc) is 2.39. The fourth-order valence-electron chi connectivity index (χ4n) is 2.79. The van der Waals surface area contributed by atoms with Crippen molar-refractivity contribution in [1.29, 1.82) is 0 Å². The van der Waals surface area contributed by atoms with Gasteiger partial charge in [0.2, 0.25) is 0 Å². The van der Waals surface area contributed by atoms with Crippen LogP contribution in [0.25, 0.3) is 0 Å².